The van der Waals surface area contributed by atoms with Gasteiger partial charge in [-0.3, -0.25) is 14.5 Å². The number of fused-ring (bicyclic) bond motifs is 3. The highest BCUT2D eigenvalue weighted by atomic mass is 19.4. The molecule has 3 aliphatic rings. The Morgan fingerprint density at radius 1 is 1.00 bits per heavy atom. The molecule has 2 bridgehead atoms. The number of ether oxygens (including phenoxy) is 2. The van der Waals surface area contributed by atoms with Crippen LogP contribution in [0.25, 0.3) is 0 Å². The molecule has 0 radical (unpaired) electrons. The summed E-state index contributed by atoms with van der Waals surface area (Å²) in [5, 5.41) is 0. The van der Waals surface area contributed by atoms with Crippen LogP contribution >= 0.6 is 0 Å². The zero-order chi connectivity index (χ0) is 30.4. The fourth-order valence-corrected chi connectivity index (χ4v) is 6.08. The number of benzene rings is 2. The summed E-state index contributed by atoms with van der Waals surface area (Å²) in [7, 11) is 2.06. The maximum absolute atomic E-state index is 13.7. The number of para-hydroxylation sites is 2. The molecule has 2 saturated heterocycles. The minimum absolute atomic E-state index is 0.00993. The molecule has 2 aromatic rings. The van der Waals surface area contributed by atoms with Gasteiger partial charge in [0, 0.05) is 69.9 Å². The zero-order valence-corrected chi connectivity index (χ0v) is 24.5. The van der Waals surface area contributed by atoms with Crippen molar-refractivity contribution in [1.82, 2.24) is 19.6 Å². The van der Waals surface area contributed by atoms with Gasteiger partial charge in [0.1, 0.15) is 18.1 Å². The van der Waals surface area contributed by atoms with E-state index >= 15 is 0 Å². The predicted octanol–water partition coefficient (Wildman–Crippen LogP) is 4.16. The predicted molar refractivity (Wildman–Crippen MR) is 155 cm³/mol. The number of likely N-dealkylation sites (N-methyl/N-ethyl adjacent to an activating group) is 1. The number of piperidine rings is 1. The molecule has 2 atom stereocenters. The summed E-state index contributed by atoms with van der Waals surface area (Å²) in [6.07, 6.45) is 0.341. The van der Waals surface area contributed by atoms with Gasteiger partial charge >= 0.3 is 6.36 Å². The van der Waals surface area contributed by atoms with Crippen molar-refractivity contribution in [2.75, 3.05) is 59.5 Å². The molecule has 2 fully saturated rings. The molecule has 3 heterocycles. The van der Waals surface area contributed by atoms with Crippen LogP contribution in [0.3, 0.4) is 0 Å². The van der Waals surface area contributed by atoms with Crippen LogP contribution in [0.2, 0.25) is 0 Å². The van der Waals surface area contributed by atoms with E-state index in [0.717, 1.165) is 31.7 Å². The summed E-state index contributed by atoms with van der Waals surface area (Å²) in [6, 6.07) is 13.5. The van der Waals surface area contributed by atoms with Crippen molar-refractivity contribution in [3.63, 3.8) is 0 Å². The summed E-state index contributed by atoms with van der Waals surface area (Å²) in [4.78, 5) is 34.7. The van der Waals surface area contributed by atoms with E-state index in [4.69, 9.17) is 4.74 Å². The molecule has 0 N–H and O–H groups in total. The van der Waals surface area contributed by atoms with Crippen LogP contribution in [-0.4, -0.2) is 97.2 Å². The van der Waals surface area contributed by atoms with E-state index in [1.807, 2.05) is 45.0 Å². The average Bonchev–Trinajstić information content (AvgIpc) is 2.97. The Bertz CT molecular complexity index is 1300. The van der Waals surface area contributed by atoms with Gasteiger partial charge in [-0.15, -0.1) is 13.2 Å². The number of hydrogen-bond donors (Lipinski definition) is 0. The molecular formula is C32H39F3N4O4. The van der Waals surface area contributed by atoms with Gasteiger partial charge in [-0.1, -0.05) is 48.6 Å². The maximum atomic E-state index is 13.7. The Morgan fingerprint density at radius 2 is 1.74 bits per heavy atom. The zero-order valence-electron chi connectivity index (χ0n) is 24.5. The first kappa shape index (κ1) is 30.9. The lowest BCUT2D eigenvalue weighted by Gasteiger charge is -2.39. The molecule has 0 aromatic heterocycles. The highest BCUT2D eigenvalue weighted by molar-refractivity contribution is 5.79. The largest absolute Gasteiger partial charge is 0.573 e. The van der Waals surface area contributed by atoms with Gasteiger partial charge in [-0.05, 0) is 37.4 Å². The molecular weight excluding hydrogens is 561 g/mol. The Kier molecular flexibility index (Phi) is 9.92. The number of carbonyl (C=O) groups excluding carboxylic acids is 2. The summed E-state index contributed by atoms with van der Waals surface area (Å²) >= 11 is 0. The van der Waals surface area contributed by atoms with E-state index < -0.39 is 6.36 Å². The van der Waals surface area contributed by atoms with E-state index in [2.05, 4.69) is 22.8 Å². The lowest BCUT2D eigenvalue weighted by molar-refractivity contribution is -0.275. The highest BCUT2D eigenvalue weighted by Gasteiger charge is 2.35. The average molecular weight is 601 g/mol. The SMILES string of the molecule is CN1CCN(C(=O)C[C@@H]2CCN3C[C@@H]2/C=C\COc2ccccc2CN(Cc2ccccc2OC(F)(F)F)CC3=O)CC1. The third-order valence-electron chi connectivity index (χ3n) is 8.49. The molecule has 2 amide bonds. The third-order valence-corrected chi connectivity index (χ3v) is 8.49. The monoisotopic (exact) mass is 600 g/mol. The van der Waals surface area contributed by atoms with Crippen LogP contribution in [0.4, 0.5) is 13.2 Å². The maximum Gasteiger partial charge on any atom is 0.573 e. The first-order valence-electron chi connectivity index (χ1n) is 14.8. The van der Waals surface area contributed by atoms with Crippen LogP contribution in [0.15, 0.2) is 60.7 Å². The van der Waals surface area contributed by atoms with Gasteiger partial charge in [0.25, 0.3) is 0 Å². The highest BCUT2D eigenvalue weighted by Crippen LogP contribution is 2.31. The molecule has 2 aromatic carbocycles. The number of piperazine rings is 1. The van der Waals surface area contributed by atoms with Crippen LogP contribution in [-0.2, 0) is 22.7 Å². The van der Waals surface area contributed by atoms with Gasteiger partial charge < -0.3 is 24.2 Å². The molecule has 232 valence electrons. The first-order valence-corrected chi connectivity index (χ1v) is 14.8. The van der Waals surface area contributed by atoms with Gasteiger partial charge in [0.15, 0.2) is 0 Å². The summed E-state index contributed by atoms with van der Waals surface area (Å²) in [5.74, 6) is 0.508. The molecule has 11 heteroatoms. The van der Waals surface area contributed by atoms with Crippen molar-refractivity contribution < 1.29 is 32.2 Å². The van der Waals surface area contributed by atoms with Crippen LogP contribution in [0.5, 0.6) is 11.5 Å². The number of amides is 2. The minimum atomic E-state index is -4.83. The second-order valence-electron chi connectivity index (χ2n) is 11.6. The normalized spacial score (nSPS) is 23.3. The Balaban J connectivity index is 1.35. The first-order chi connectivity index (χ1) is 20.6. The molecule has 43 heavy (non-hydrogen) atoms. The standard InChI is InChI=1S/C32H39F3N4O4/c1-36-14-16-38(17-15-36)30(40)19-24-12-13-39-22-25(24)9-6-18-42-28-10-4-2-7-26(28)20-37(23-31(39)41)21-27-8-3-5-11-29(27)43-32(33,34)35/h2-11,24-25H,12-23H2,1H3/b9-6-/t24-,25-/m0/s1. The van der Waals surface area contributed by atoms with Crippen molar-refractivity contribution in [3.05, 3.63) is 71.8 Å². The number of carbonyl (C=O) groups is 2. The minimum Gasteiger partial charge on any atom is -0.489 e. The fourth-order valence-electron chi connectivity index (χ4n) is 6.08. The summed E-state index contributed by atoms with van der Waals surface area (Å²) in [5.41, 5.74) is 1.15. The van der Waals surface area contributed by atoms with Gasteiger partial charge in [-0.25, -0.2) is 0 Å². The van der Waals surface area contributed by atoms with Gasteiger partial charge in [0.05, 0.1) is 6.54 Å². The van der Waals surface area contributed by atoms with Crippen molar-refractivity contribution in [1.29, 1.82) is 0 Å². The fraction of sp³-hybridized carbons (Fsp3) is 0.500. The van der Waals surface area contributed by atoms with Gasteiger partial charge in [-0.2, -0.15) is 0 Å². The topological polar surface area (TPSA) is 65.6 Å². The lowest BCUT2D eigenvalue weighted by atomic mass is 9.82. The summed E-state index contributed by atoms with van der Waals surface area (Å²) in [6.45, 7) is 4.90. The molecule has 5 rings (SSSR count). The Morgan fingerprint density at radius 3 is 2.53 bits per heavy atom. The van der Waals surface area contributed by atoms with E-state index in [1.165, 1.54) is 12.1 Å². The number of halogens is 3. The molecule has 3 aliphatic heterocycles. The van der Waals surface area contributed by atoms with E-state index in [1.54, 1.807) is 12.1 Å². The number of nitrogens with zero attached hydrogens (tertiary/aromatic N) is 4. The second kappa shape index (κ2) is 13.8. The molecule has 0 aliphatic carbocycles. The van der Waals surface area contributed by atoms with E-state index in [9.17, 15) is 22.8 Å². The molecule has 0 saturated carbocycles. The second-order valence-corrected chi connectivity index (χ2v) is 11.6. The Hall–Kier alpha value is -3.57. The summed E-state index contributed by atoms with van der Waals surface area (Å²) < 4.78 is 49.8. The number of rotatable bonds is 5. The van der Waals surface area contributed by atoms with Crippen molar-refractivity contribution in [3.8, 4) is 11.5 Å². The van der Waals surface area contributed by atoms with E-state index in [-0.39, 0.29) is 42.5 Å². The third kappa shape index (κ3) is 8.51. The van der Waals surface area contributed by atoms with E-state index in [0.29, 0.717) is 50.4 Å². The van der Waals surface area contributed by atoms with Crippen LogP contribution in [0.1, 0.15) is 24.0 Å². The molecule has 8 nitrogen and oxygen atoms in total. The molecule has 0 unspecified atom stereocenters. The van der Waals surface area contributed by atoms with Crippen molar-refractivity contribution in [2.24, 2.45) is 11.8 Å². The number of hydrogen-bond acceptors (Lipinski definition) is 6. The van der Waals surface area contributed by atoms with Crippen LogP contribution < -0.4 is 9.47 Å². The van der Waals surface area contributed by atoms with Gasteiger partial charge in [0.2, 0.25) is 11.8 Å². The van der Waals surface area contributed by atoms with Crippen LogP contribution in [0, 0.1) is 11.8 Å². The van der Waals surface area contributed by atoms with Crippen molar-refractivity contribution >= 4 is 11.8 Å². The number of alkyl halides is 3. The lowest BCUT2D eigenvalue weighted by Crippen LogP contribution is -2.50. The quantitative estimate of drug-likeness (QED) is 0.481. The van der Waals surface area contributed by atoms with Crippen molar-refractivity contribution in [2.45, 2.75) is 32.3 Å². The smallest absolute Gasteiger partial charge is 0.489 e. The Labute approximate surface area is 250 Å². The molecule has 0 spiro atoms.